The fourth-order valence-corrected chi connectivity index (χ4v) is 0.918. The highest BCUT2D eigenvalue weighted by atomic mass is 19.1. The van der Waals surface area contributed by atoms with Crippen LogP contribution in [0.25, 0.3) is 0 Å². The molecule has 0 heterocycles. The fraction of sp³-hybridized carbons (Fsp3) is 0.222. The number of benzene rings is 1. The Labute approximate surface area is 64.9 Å². The summed E-state index contributed by atoms with van der Waals surface area (Å²) in [5, 5.41) is 0. The van der Waals surface area contributed by atoms with Gasteiger partial charge in [0.15, 0.2) is 0 Å². The third-order valence-electron chi connectivity index (χ3n) is 1.60. The molecule has 11 heavy (non-hydrogen) atoms. The maximum absolute atomic E-state index is 12.9. The molecule has 0 unspecified atom stereocenters. The normalized spacial score (nSPS) is 12.5. The molecule has 0 aliphatic carbocycles. The Morgan fingerprint density at radius 3 is 2.64 bits per heavy atom. The number of hydrogen-bond donors (Lipinski definition) is 0. The van der Waals surface area contributed by atoms with Crippen LogP contribution < -0.4 is 0 Å². The van der Waals surface area contributed by atoms with Crippen molar-refractivity contribution in [3.8, 4) is 0 Å². The number of hydrogen-bond acceptors (Lipinski definition) is 1. The molecule has 0 amide bonds. The smallest absolute Gasteiger partial charge is 0.127 e. The average molecular weight is 152 g/mol. The zero-order valence-corrected chi connectivity index (χ0v) is 6.25. The molecule has 0 aliphatic rings. The molecule has 1 nitrogen and oxygen atoms in total. The van der Waals surface area contributed by atoms with Gasteiger partial charge in [0, 0.05) is 5.92 Å². The number of rotatable bonds is 2. The lowest BCUT2D eigenvalue weighted by Gasteiger charge is -2.03. The van der Waals surface area contributed by atoms with Gasteiger partial charge in [-0.15, -0.1) is 0 Å². The second-order valence-corrected chi connectivity index (χ2v) is 2.45. The van der Waals surface area contributed by atoms with E-state index in [2.05, 4.69) is 0 Å². The third-order valence-corrected chi connectivity index (χ3v) is 1.60. The van der Waals surface area contributed by atoms with Crippen LogP contribution in [0.15, 0.2) is 24.3 Å². The minimum Gasteiger partial charge on any atom is -0.303 e. The van der Waals surface area contributed by atoms with Gasteiger partial charge in [0.25, 0.3) is 0 Å². The maximum atomic E-state index is 12.9. The highest BCUT2D eigenvalue weighted by molar-refractivity contribution is 5.61. The van der Waals surface area contributed by atoms with E-state index in [0.717, 1.165) is 6.29 Å². The monoisotopic (exact) mass is 152 g/mol. The van der Waals surface area contributed by atoms with Gasteiger partial charge in [0.2, 0.25) is 0 Å². The first kappa shape index (κ1) is 7.92. The molecule has 0 aliphatic heterocycles. The summed E-state index contributed by atoms with van der Waals surface area (Å²) in [5.41, 5.74) is 0.461. The largest absolute Gasteiger partial charge is 0.303 e. The van der Waals surface area contributed by atoms with Gasteiger partial charge in [-0.25, -0.2) is 4.39 Å². The second kappa shape index (κ2) is 3.28. The maximum Gasteiger partial charge on any atom is 0.127 e. The van der Waals surface area contributed by atoms with Gasteiger partial charge in [-0.1, -0.05) is 25.1 Å². The summed E-state index contributed by atoms with van der Waals surface area (Å²) in [7, 11) is 0. The fourth-order valence-electron chi connectivity index (χ4n) is 0.918. The molecule has 1 rings (SSSR count). The van der Waals surface area contributed by atoms with E-state index < -0.39 is 0 Å². The lowest BCUT2D eigenvalue weighted by molar-refractivity contribution is -0.108. The van der Waals surface area contributed by atoms with E-state index in [-0.39, 0.29) is 11.7 Å². The van der Waals surface area contributed by atoms with Gasteiger partial charge in [-0.2, -0.15) is 0 Å². The van der Waals surface area contributed by atoms with Crippen LogP contribution in [0, 0.1) is 5.82 Å². The third kappa shape index (κ3) is 1.64. The minimum absolute atomic E-state index is 0.313. The van der Waals surface area contributed by atoms with Crippen LogP contribution in [0.1, 0.15) is 18.4 Å². The lowest BCUT2D eigenvalue weighted by atomic mass is 10.0. The molecule has 2 heteroatoms. The lowest BCUT2D eigenvalue weighted by Crippen LogP contribution is -1.97. The molecule has 58 valence electrons. The Morgan fingerprint density at radius 2 is 2.09 bits per heavy atom. The number of carbonyl (C=O) groups excluding carboxylic acids is 1. The summed E-state index contributed by atoms with van der Waals surface area (Å²) in [6.45, 7) is 1.67. The number of halogens is 1. The molecule has 0 spiro atoms. The van der Waals surface area contributed by atoms with Crippen LogP contribution in [0.2, 0.25) is 0 Å². The molecule has 0 saturated heterocycles. The summed E-state index contributed by atoms with van der Waals surface area (Å²) in [6.07, 6.45) is 0.735. The molecular formula is C9H9FO. The van der Waals surface area contributed by atoms with Crippen LogP contribution in [-0.4, -0.2) is 6.29 Å². The van der Waals surface area contributed by atoms with E-state index in [1.165, 1.54) is 6.07 Å². The molecule has 0 N–H and O–H groups in total. The molecule has 0 radical (unpaired) electrons. The van der Waals surface area contributed by atoms with E-state index >= 15 is 0 Å². The Kier molecular flexibility index (Phi) is 2.36. The first-order valence-electron chi connectivity index (χ1n) is 3.45. The van der Waals surface area contributed by atoms with Gasteiger partial charge >= 0.3 is 0 Å². The second-order valence-electron chi connectivity index (χ2n) is 2.45. The highest BCUT2D eigenvalue weighted by Crippen LogP contribution is 2.15. The van der Waals surface area contributed by atoms with Gasteiger partial charge < -0.3 is 4.79 Å². The quantitative estimate of drug-likeness (QED) is 0.593. The molecular weight excluding hydrogens is 143 g/mol. The zero-order valence-electron chi connectivity index (χ0n) is 6.25. The van der Waals surface area contributed by atoms with Crippen molar-refractivity contribution in [2.45, 2.75) is 12.8 Å². The Bertz CT molecular complexity index is 257. The van der Waals surface area contributed by atoms with E-state index in [0.29, 0.717) is 5.56 Å². The predicted molar refractivity (Wildman–Crippen MR) is 40.9 cm³/mol. The Morgan fingerprint density at radius 1 is 1.45 bits per heavy atom. The number of aldehydes is 1. The van der Waals surface area contributed by atoms with Gasteiger partial charge in [0.05, 0.1) is 0 Å². The topological polar surface area (TPSA) is 17.1 Å². The van der Waals surface area contributed by atoms with E-state index in [4.69, 9.17) is 0 Å². The molecule has 1 atom stereocenters. The summed E-state index contributed by atoms with van der Waals surface area (Å²) < 4.78 is 12.9. The molecule has 0 fully saturated rings. The van der Waals surface area contributed by atoms with Crippen molar-refractivity contribution in [2.24, 2.45) is 0 Å². The van der Waals surface area contributed by atoms with Gasteiger partial charge in [-0.3, -0.25) is 0 Å². The van der Waals surface area contributed by atoms with Crippen molar-refractivity contribution < 1.29 is 9.18 Å². The molecule has 0 saturated carbocycles. The van der Waals surface area contributed by atoms with Crippen molar-refractivity contribution in [1.29, 1.82) is 0 Å². The Balaban J connectivity index is 3.02. The summed E-state index contributed by atoms with van der Waals surface area (Å²) >= 11 is 0. The Hall–Kier alpha value is -1.18. The minimum atomic E-state index is -0.351. The van der Waals surface area contributed by atoms with E-state index in [1.807, 2.05) is 0 Å². The average Bonchev–Trinajstić information content (AvgIpc) is 2.04. The standard InChI is InChI=1S/C9H9FO/c1-7(6-11)8-4-2-3-5-9(8)10/h2-7H,1H3/t7-/m0/s1. The zero-order chi connectivity index (χ0) is 8.27. The summed E-state index contributed by atoms with van der Waals surface area (Å²) in [6, 6.07) is 6.30. The van der Waals surface area contributed by atoms with Gasteiger partial charge in [-0.05, 0) is 11.6 Å². The SMILES string of the molecule is C[C@@H](C=O)c1ccccc1F. The predicted octanol–water partition coefficient (Wildman–Crippen LogP) is 2.13. The number of carbonyl (C=O) groups is 1. The molecule has 0 aromatic heterocycles. The van der Waals surface area contributed by atoms with Crippen LogP contribution in [-0.2, 0) is 4.79 Å². The van der Waals surface area contributed by atoms with Crippen LogP contribution in [0.4, 0.5) is 4.39 Å². The van der Waals surface area contributed by atoms with Crippen molar-refractivity contribution >= 4 is 6.29 Å². The van der Waals surface area contributed by atoms with Crippen molar-refractivity contribution in [3.05, 3.63) is 35.6 Å². The van der Waals surface area contributed by atoms with Crippen molar-refractivity contribution in [3.63, 3.8) is 0 Å². The molecule has 0 bridgehead atoms. The molecule has 1 aromatic carbocycles. The van der Waals surface area contributed by atoms with Crippen molar-refractivity contribution in [2.75, 3.05) is 0 Å². The van der Waals surface area contributed by atoms with Crippen LogP contribution in [0.5, 0.6) is 0 Å². The van der Waals surface area contributed by atoms with E-state index in [9.17, 15) is 9.18 Å². The van der Waals surface area contributed by atoms with Crippen LogP contribution in [0.3, 0.4) is 0 Å². The summed E-state index contributed by atoms with van der Waals surface area (Å²) in [4.78, 5) is 10.3. The van der Waals surface area contributed by atoms with Crippen molar-refractivity contribution in [1.82, 2.24) is 0 Å². The highest BCUT2D eigenvalue weighted by Gasteiger charge is 2.07. The van der Waals surface area contributed by atoms with Gasteiger partial charge in [0.1, 0.15) is 12.1 Å². The summed E-state index contributed by atoms with van der Waals surface area (Å²) in [5.74, 6) is -0.664. The first-order chi connectivity index (χ1) is 5.25. The van der Waals surface area contributed by atoms with Crippen LogP contribution >= 0.6 is 0 Å². The van der Waals surface area contributed by atoms with E-state index in [1.54, 1.807) is 25.1 Å². The molecule has 1 aromatic rings. The first-order valence-corrected chi connectivity index (χ1v) is 3.45.